The van der Waals surface area contributed by atoms with Gasteiger partial charge in [0.15, 0.2) is 0 Å². The molecule has 0 rings (SSSR count). The van der Waals surface area contributed by atoms with Crippen LogP contribution < -0.4 is 4.13 Å². The summed E-state index contributed by atoms with van der Waals surface area (Å²) in [6.07, 6.45) is 0. The molecule has 0 heterocycles. The van der Waals surface area contributed by atoms with Crippen molar-refractivity contribution in [2.75, 3.05) is 5.94 Å². The number of alkyl halides is 3. The Hall–Kier alpha value is -1.14. The van der Waals surface area contributed by atoms with E-state index in [0.717, 1.165) is 6.92 Å². The SMILES string of the molecule is C=C(C)C(=O)OCS(=O)(=O)NS(=O)(=O)C(F)(F)F. The summed E-state index contributed by atoms with van der Waals surface area (Å²) < 4.78 is 82.7. The Bertz CT molecular complexity index is 546. The van der Waals surface area contributed by atoms with Crippen LogP contribution in [0.2, 0.25) is 0 Å². The molecule has 0 saturated carbocycles. The minimum atomic E-state index is -6.08. The van der Waals surface area contributed by atoms with E-state index in [9.17, 15) is 34.8 Å². The molecule has 0 radical (unpaired) electrons. The van der Waals surface area contributed by atoms with Crippen molar-refractivity contribution in [3.63, 3.8) is 0 Å². The molecule has 0 aromatic heterocycles. The van der Waals surface area contributed by atoms with Gasteiger partial charge in [0.2, 0.25) is 5.94 Å². The third-order valence-electron chi connectivity index (χ3n) is 1.24. The summed E-state index contributed by atoms with van der Waals surface area (Å²) in [6.45, 7) is 4.24. The Balaban J connectivity index is 4.81. The van der Waals surface area contributed by atoms with Gasteiger partial charge in [-0.05, 0) is 6.92 Å². The minimum Gasteiger partial charge on any atom is -0.444 e. The van der Waals surface area contributed by atoms with E-state index in [1.165, 1.54) is 0 Å². The maximum absolute atomic E-state index is 11.9. The summed E-state index contributed by atoms with van der Waals surface area (Å²) in [6, 6.07) is 0. The number of rotatable bonds is 5. The van der Waals surface area contributed by atoms with Gasteiger partial charge < -0.3 is 4.74 Å². The van der Waals surface area contributed by atoms with Crippen molar-refractivity contribution in [3.8, 4) is 0 Å². The number of carbonyl (C=O) groups is 1. The van der Waals surface area contributed by atoms with Crippen LogP contribution in [0.25, 0.3) is 0 Å². The van der Waals surface area contributed by atoms with E-state index in [0.29, 0.717) is 4.13 Å². The van der Waals surface area contributed by atoms with Crippen LogP contribution in [0.5, 0.6) is 0 Å². The predicted octanol–water partition coefficient (Wildman–Crippen LogP) is -0.168. The molecule has 0 amide bonds. The Morgan fingerprint density at radius 3 is 2.06 bits per heavy atom. The lowest BCUT2D eigenvalue weighted by Crippen LogP contribution is -2.41. The topological polar surface area (TPSA) is 107 Å². The molecule has 7 nitrogen and oxygen atoms in total. The zero-order valence-electron chi connectivity index (χ0n) is 8.81. The van der Waals surface area contributed by atoms with Crippen molar-refractivity contribution in [2.45, 2.75) is 12.4 Å². The van der Waals surface area contributed by atoms with Crippen LogP contribution in [0, 0.1) is 0 Å². The van der Waals surface area contributed by atoms with Crippen molar-refractivity contribution in [3.05, 3.63) is 12.2 Å². The highest BCUT2D eigenvalue weighted by Crippen LogP contribution is 2.22. The second-order valence-electron chi connectivity index (χ2n) is 2.98. The first-order valence-corrected chi connectivity index (χ1v) is 7.07. The third-order valence-corrected chi connectivity index (χ3v) is 4.17. The normalized spacial score (nSPS) is 13.1. The van der Waals surface area contributed by atoms with Gasteiger partial charge in [0.1, 0.15) is 0 Å². The van der Waals surface area contributed by atoms with Gasteiger partial charge in [-0.2, -0.15) is 13.2 Å². The maximum Gasteiger partial charge on any atom is 0.512 e. The van der Waals surface area contributed by atoms with Gasteiger partial charge in [-0.1, -0.05) is 10.7 Å². The number of hydrogen-bond donors (Lipinski definition) is 1. The van der Waals surface area contributed by atoms with Crippen LogP contribution >= 0.6 is 0 Å². The van der Waals surface area contributed by atoms with E-state index < -0.39 is 37.5 Å². The van der Waals surface area contributed by atoms with Crippen LogP contribution in [0.4, 0.5) is 13.2 Å². The highest BCUT2D eigenvalue weighted by molar-refractivity contribution is 8.05. The van der Waals surface area contributed by atoms with Gasteiger partial charge in [0, 0.05) is 5.57 Å². The highest BCUT2D eigenvalue weighted by Gasteiger charge is 2.48. The first-order valence-electron chi connectivity index (χ1n) is 3.94. The molecular formula is C6H8F3NO6S2. The van der Waals surface area contributed by atoms with Crippen LogP contribution in [0.3, 0.4) is 0 Å². The smallest absolute Gasteiger partial charge is 0.444 e. The van der Waals surface area contributed by atoms with Gasteiger partial charge in [-0.25, -0.2) is 21.6 Å². The minimum absolute atomic E-state index is 0.205. The average molecular weight is 311 g/mol. The summed E-state index contributed by atoms with van der Waals surface area (Å²) >= 11 is 0. The predicted molar refractivity (Wildman–Crippen MR) is 52.8 cm³/mol. The molecule has 106 valence electrons. The van der Waals surface area contributed by atoms with Crippen LogP contribution in [-0.4, -0.2) is 34.3 Å². The zero-order valence-corrected chi connectivity index (χ0v) is 10.4. The van der Waals surface area contributed by atoms with Gasteiger partial charge in [0.05, 0.1) is 0 Å². The number of hydrogen-bond acceptors (Lipinski definition) is 6. The van der Waals surface area contributed by atoms with Crippen molar-refractivity contribution in [1.82, 2.24) is 4.13 Å². The molecule has 0 bridgehead atoms. The van der Waals surface area contributed by atoms with Gasteiger partial charge in [-0.3, -0.25) is 0 Å². The van der Waals surface area contributed by atoms with Crippen LogP contribution in [0.1, 0.15) is 6.92 Å². The number of carbonyl (C=O) groups excluding carboxylic acids is 1. The molecule has 0 atom stereocenters. The molecule has 0 saturated heterocycles. The number of esters is 1. The molecule has 0 aliphatic carbocycles. The second-order valence-corrected chi connectivity index (χ2v) is 6.58. The van der Waals surface area contributed by atoms with E-state index in [2.05, 4.69) is 11.3 Å². The van der Waals surface area contributed by atoms with E-state index >= 15 is 0 Å². The molecule has 0 fully saturated rings. The van der Waals surface area contributed by atoms with E-state index in [1.54, 1.807) is 0 Å². The summed E-state index contributed by atoms with van der Waals surface area (Å²) in [5, 5.41) is 0. The van der Waals surface area contributed by atoms with E-state index in [-0.39, 0.29) is 5.57 Å². The molecule has 0 unspecified atom stereocenters. The summed E-state index contributed by atoms with van der Waals surface area (Å²) in [5.74, 6) is -2.77. The number of nitrogens with one attached hydrogen (secondary N) is 1. The summed E-state index contributed by atoms with van der Waals surface area (Å²) in [4.78, 5) is 10.8. The molecule has 18 heavy (non-hydrogen) atoms. The number of sulfonamides is 2. The third kappa shape index (κ3) is 5.01. The Morgan fingerprint density at radius 1 is 1.28 bits per heavy atom. The Kier molecular flexibility index (Phi) is 4.91. The molecule has 1 N–H and O–H groups in total. The van der Waals surface area contributed by atoms with Gasteiger partial charge in [0.25, 0.3) is 10.0 Å². The first-order chi connectivity index (χ1) is 7.78. The molecule has 0 aliphatic heterocycles. The maximum atomic E-state index is 11.9. The van der Waals surface area contributed by atoms with Gasteiger partial charge >= 0.3 is 21.5 Å². The summed E-state index contributed by atoms with van der Waals surface area (Å²) in [7, 11) is -11.1. The largest absolute Gasteiger partial charge is 0.512 e. The van der Waals surface area contributed by atoms with Crippen LogP contribution in [-0.2, 0) is 29.6 Å². The standard InChI is InChI=1S/C6H8F3NO6S2/c1-4(2)5(11)16-3-17(12,13)10-18(14,15)6(7,8)9/h10H,1,3H2,2H3. The molecule has 0 spiro atoms. The van der Waals surface area contributed by atoms with Gasteiger partial charge in [-0.15, -0.1) is 0 Å². The molecule has 0 aromatic carbocycles. The lowest BCUT2D eigenvalue weighted by Gasteiger charge is -2.10. The van der Waals surface area contributed by atoms with Crippen molar-refractivity contribution in [1.29, 1.82) is 0 Å². The van der Waals surface area contributed by atoms with E-state index in [4.69, 9.17) is 0 Å². The lowest BCUT2D eigenvalue weighted by molar-refractivity contribution is -0.136. The first kappa shape index (κ1) is 16.9. The monoisotopic (exact) mass is 311 g/mol. The van der Waals surface area contributed by atoms with Crippen molar-refractivity contribution in [2.24, 2.45) is 0 Å². The zero-order chi connectivity index (χ0) is 14.8. The average Bonchev–Trinajstić information content (AvgIpc) is 2.10. The quantitative estimate of drug-likeness (QED) is 0.558. The number of ether oxygens (including phenoxy) is 1. The fraction of sp³-hybridized carbons (Fsp3) is 0.500. The molecular weight excluding hydrogens is 303 g/mol. The molecule has 0 aromatic rings. The molecule has 12 heteroatoms. The molecule has 0 aliphatic rings. The summed E-state index contributed by atoms with van der Waals surface area (Å²) in [5.41, 5.74) is -6.00. The van der Waals surface area contributed by atoms with E-state index in [1.807, 2.05) is 0 Å². The van der Waals surface area contributed by atoms with Crippen molar-refractivity contribution < 1.29 is 39.5 Å². The number of halogens is 3. The lowest BCUT2D eigenvalue weighted by atomic mass is 10.4. The fourth-order valence-electron chi connectivity index (χ4n) is 0.493. The Labute approximate surface area is 101 Å². The van der Waals surface area contributed by atoms with Crippen molar-refractivity contribution >= 4 is 26.0 Å². The second kappa shape index (κ2) is 5.24. The fourth-order valence-corrected chi connectivity index (χ4v) is 2.66. The van der Waals surface area contributed by atoms with Crippen LogP contribution in [0.15, 0.2) is 12.2 Å². The Morgan fingerprint density at radius 2 is 1.72 bits per heavy atom. The highest BCUT2D eigenvalue weighted by atomic mass is 32.3.